The highest BCUT2D eigenvalue weighted by Crippen LogP contribution is 2.39. The Morgan fingerprint density at radius 3 is 2.31 bits per heavy atom. The molecule has 0 unspecified atom stereocenters. The summed E-state index contributed by atoms with van der Waals surface area (Å²) in [5.41, 5.74) is -3.61. The molecule has 8 heteroatoms. The van der Waals surface area contributed by atoms with E-state index in [2.05, 4.69) is 4.98 Å². The molecule has 1 aromatic heterocycles. The van der Waals surface area contributed by atoms with E-state index in [-0.39, 0.29) is 0 Å². The Morgan fingerprint density at radius 1 is 1.38 bits per heavy atom. The molecule has 0 N–H and O–H groups in total. The van der Waals surface area contributed by atoms with Gasteiger partial charge in [-0.05, 0) is 22.6 Å². The van der Waals surface area contributed by atoms with E-state index in [0.717, 1.165) is 0 Å². The molecule has 1 aromatic rings. The lowest BCUT2D eigenvalue weighted by Crippen LogP contribution is -2.15. The van der Waals surface area contributed by atoms with Crippen LogP contribution in [-0.4, -0.2) is 4.98 Å². The minimum Gasteiger partial charge on any atom is -0.248 e. The summed E-state index contributed by atoms with van der Waals surface area (Å²) in [5, 5.41) is 8.46. The summed E-state index contributed by atoms with van der Waals surface area (Å²) in [6.45, 7) is 0. The molecule has 1 heterocycles. The Kier molecular flexibility index (Phi) is 3.67. The van der Waals surface area contributed by atoms with E-state index in [9.17, 15) is 22.0 Å². The van der Waals surface area contributed by atoms with Crippen LogP contribution in [0.2, 0.25) is 0 Å². The normalized spacial score (nSPS) is 11.6. The van der Waals surface area contributed by atoms with E-state index >= 15 is 0 Å². The molecule has 0 aliphatic heterocycles. The van der Waals surface area contributed by atoms with Crippen molar-refractivity contribution in [1.29, 1.82) is 5.26 Å². The highest BCUT2D eigenvalue weighted by molar-refractivity contribution is 14.1. The number of pyridine rings is 1. The number of hydrogen-bond acceptors (Lipinski definition) is 2. The minimum absolute atomic E-state index is 0.598. The summed E-state index contributed by atoms with van der Waals surface area (Å²) in [5.74, 6) is 0. The highest BCUT2D eigenvalue weighted by atomic mass is 127. The standard InChI is InChI=1S/C8H2F5IN2/c9-6(10)4-3(1-15)2-16-7(14)5(4)8(11,12)13/h2,6H. The van der Waals surface area contributed by atoms with Gasteiger partial charge >= 0.3 is 6.18 Å². The predicted molar refractivity (Wildman–Crippen MR) is 51.6 cm³/mol. The molecule has 1 rings (SSSR count). The molecular weight excluding hydrogens is 346 g/mol. The van der Waals surface area contributed by atoms with Crippen LogP contribution in [0.25, 0.3) is 0 Å². The van der Waals surface area contributed by atoms with Crippen molar-refractivity contribution >= 4 is 22.6 Å². The largest absolute Gasteiger partial charge is 0.419 e. The third-order valence-electron chi connectivity index (χ3n) is 1.69. The van der Waals surface area contributed by atoms with Gasteiger partial charge in [0.25, 0.3) is 6.43 Å². The van der Waals surface area contributed by atoms with Crippen LogP contribution in [-0.2, 0) is 6.18 Å². The maximum absolute atomic E-state index is 12.5. The number of nitrogens with zero attached hydrogens (tertiary/aromatic N) is 2. The van der Waals surface area contributed by atoms with Crippen LogP contribution in [0.1, 0.15) is 23.1 Å². The summed E-state index contributed by atoms with van der Waals surface area (Å²) in [6.07, 6.45) is -7.62. The van der Waals surface area contributed by atoms with Gasteiger partial charge in [0, 0.05) is 6.20 Å². The van der Waals surface area contributed by atoms with Crippen molar-refractivity contribution in [3.8, 4) is 6.07 Å². The van der Waals surface area contributed by atoms with E-state index in [1.807, 2.05) is 0 Å². The van der Waals surface area contributed by atoms with Gasteiger partial charge in [-0.1, -0.05) is 0 Å². The fourth-order valence-electron chi connectivity index (χ4n) is 1.09. The first-order valence-corrected chi connectivity index (χ1v) is 4.80. The lowest BCUT2D eigenvalue weighted by molar-refractivity contribution is -0.140. The van der Waals surface area contributed by atoms with Gasteiger partial charge in [0.05, 0.1) is 16.7 Å². The topological polar surface area (TPSA) is 36.7 Å². The molecule has 0 spiro atoms. The maximum atomic E-state index is 12.5. The molecular formula is C8H2F5IN2. The van der Waals surface area contributed by atoms with E-state index in [1.165, 1.54) is 28.7 Å². The first-order chi connectivity index (χ1) is 7.29. The zero-order valence-corrected chi connectivity index (χ0v) is 9.47. The Morgan fingerprint density at radius 2 is 1.94 bits per heavy atom. The smallest absolute Gasteiger partial charge is 0.248 e. The number of aromatic nitrogens is 1. The predicted octanol–water partition coefficient (Wildman–Crippen LogP) is 3.51. The van der Waals surface area contributed by atoms with Crippen molar-refractivity contribution in [3.05, 3.63) is 26.6 Å². The molecule has 2 nitrogen and oxygen atoms in total. The third kappa shape index (κ3) is 2.40. The van der Waals surface area contributed by atoms with Gasteiger partial charge in [0.15, 0.2) is 0 Å². The number of nitriles is 1. The van der Waals surface area contributed by atoms with Gasteiger partial charge in [-0.2, -0.15) is 18.4 Å². The molecule has 0 radical (unpaired) electrons. The van der Waals surface area contributed by atoms with Crippen LogP contribution in [0.3, 0.4) is 0 Å². The monoisotopic (exact) mass is 348 g/mol. The quantitative estimate of drug-likeness (QED) is 0.443. The maximum Gasteiger partial charge on any atom is 0.419 e. The number of hydrogen-bond donors (Lipinski definition) is 0. The van der Waals surface area contributed by atoms with Crippen molar-refractivity contribution in [2.24, 2.45) is 0 Å². The molecule has 0 saturated heterocycles. The lowest BCUT2D eigenvalue weighted by atomic mass is 10.1. The molecule has 0 aromatic carbocycles. The van der Waals surface area contributed by atoms with Crippen LogP contribution < -0.4 is 0 Å². The number of alkyl halides is 5. The molecule has 0 aliphatic carbocycles. The molecule has 0 saturated carbocycles. The SMILES string of the molecule is N#Cc1cnc(I)c(C(F)(F)F)c1C(F)F. The molecule has 0 amide bonds. The second kappa shape index (κ2) is 4.48. The average Bonchev–Trinajstić information content (AvgIpc) is 2.15. The summed E-state index contributed by atoms with van der Waals surface area (Å²) < 4.78 is 61.9. The van der Waals surface area contributed by atoms with Gasteiger partial charge < -0.3 is 0 Å². The molecule has 16 heavy (non-hydrogen) atoms. The van der Waals surface area contributed by atoms with E-state index in [4.69, 9.17) is 5.26 Å². The number of rotatable bonds is 1. The second-order valence-electron chi connectivity index (χ2n) is 2.66. The van der Waals surface area contributed by atoms with Gasteiger partial charge in [-0.3, -0.25) is 0 Å². The molecule has 86 valence electrons. The van der Waals surface area contributed by atoms with Gasteiger partial charge in [-0.25, -0.2) is 13.8 Å². The summed E-state index contributed by atoms with van der Waals surface area (Å²) in [7, 11) is 0. The van der Waals surface area contributed by atoms with Crippen LogP contribution >= 0.6 is 22.6 Å². The van der Waals surface area contributed by atoms with E-state index in [0.29, 0.717) is 6.20 Å². The molecule has 0 fully saturated rings. The molecule has 0 bridgehead atoms. The summed E-state index contributed by atoms with van der Waals surface area (Å²) in [4.78, 5) is 3.27. The van der Waals surface area contributed by atoms with Crippen molar-refractivity contribution in [1.82, 2.24) is 4.98 Å². The van der Waals surface area contributed by atoms with Crippen LogP contribution in [0.15, 0.2) is 6.20 Å². The first-order valence-electron chi connectivity index (χ1n) is 3.73. The van der Waals surface area contributed by atoms with Gasteiger partial charge in [0.2, 0.25) is 0 Å². The van der Waals surface area contributed by atoms with Crippen LogP contribution in [0.5, 0.6) is 0 Å². The van der Waals surface area contributed by atoms with Crippen LogP contribution in [0, 0.1) is 15.0 Å². The second-order valence-corrected chi connectivity index (χ2v) is 3.68. The lowest BCUT2D eigenvalue weighted by Gasteiger charge is -2.14. The Bertz CT molecular complexity index is 449. The Labute approximate surface area is 100 Å². The van der Waals surface area contributed by atoms with E-state index < -0.39 is 33.0 Å². The Balaban J connectivity index is 3.63. The summed E-state index contributed by atoms with van der Waals surface area (Å²) >= 11 is 1.20. The zero-order valence-electron chi connectivity index (χ0n) is 7.32. The highest BCUT2D eigenvalue weighted by Gasteiger charge is 2.40. The third-order valence-corrected chi connectivity index (χ3v) is 2.51. The summed E-state index contributed by atoms with van der Waals surface area (Å²) in [6, 6.07) is 1.27. The van der Waals surface area contributed by atoms with Crippen molar-refractivity contribution in [3.63, 3.8) is 0 Å². The number of halogens is 6. The average molecular weight is 348 g/mol. The fourth-order valence-corrected chi connectivity index (χ4v) is 1.82. The van der Waals surface area contributed by atoms with Crippen molar-refractivity contribution < 1.29 is 22.0 Å². The first kappa shape index (κ1) is 13.1. The molecule has 0 atom stereocenters. The zero-order chi connectivity index (χ0) is 12.5. The molecule has 0 aliphatic rings. The van der Waals surface area contributed by atoms with Crippen molar-refractivity contribution in [2.45, 2.75) is 12.6 Å². The van der Waals surface area contributed by atoms with Crippen LogP contribution in [0.4, 0.5) is 22.0 Å². The van der Waals surface area contributed by atoms with E-state index in [1.54, 1.807) is 0 Å². The fraction of sp³-hybridized carbons (Fsp3) is 0.250. The Hall–Kier alpha value is -0.980. The van der Waals surface area contributed by atoms with Gasteiger partial charge in [-0.15, -0.1) is 0 Å². The minimum atomic E-state index is -4.96. The van der Waals surface area contributed by atoms with Gasteiger partial charge in [0.1, 0.15) is 9.77 Å². The van der Waals surface area contributed by atoms with Crippen molar-refractivity contribution in [2.75, 3.05) is 0 Å².